The molecule has 0 aliphatic heterocycles. The molecule has 0 saturated carbocycles. The summed E-state index contributed by atoms with van der Waals surface area (Å²) >= 11 is 0. The van der Waals surface area contributed by atoms with Gasteiger partial charge in [-0.05, 0) is 17.5 Å². The van der Waals surface area contributed by atoms with Gasteiger partial charge in [-0.3, -0.25) is 0 Å². The summed E-state index contributed by atoms with van der Waals surface area (Å²) < 4.78 is 0. The molecular weight excluding hydrogens is 158 g/mol. The van der Waals surface area contributed by atoms with Crippen molar-refractivity contribution in [1.29, 1.82) is 0 Å². The lowest BCUT2D eigenvalue weighted by atomic mass is 10.2. The minimum absolute atomic E-state index is 1.14. The molecule has 0 atom stereocenters. The maximum absolute atomic E-state index is 3.22. The molecule has 2 rings (SSSR count). The van der Waals surface area contributed by atoms with Crippen LogP contribution in [0.2, 0.25) is 0 Å². The number of rotatable bonds is 0. The third-order valence-electron chi connectivity index (χ3n) is 1.90. The summed E-state index contributed by atoms with van der Waals surface area (Å²) in [4.78, 5) is 3.22. The minimum Gasteiger partial charge on any atom is -0.361 e. The molecule has 0 unspecified atom stereocenters. The first-order valence-electron chi connectivity index (χ1n) is 4.32. The molecule has 1 aromatic heterocycles. The zero-order valence-electron chi connectivity index (χ0n) is 7.27. The maximum atomic E-state index is 3.22. The summed E-state index contributed by atoms with van der Waals surface area (Å²) in [6.45, 7) is 0. The van der Waals surface area contributed by atoms with E-state index in [-0.39, 0.29) is 0 Å². The number of aromatic nitrogens is 1. The van der Waals surface area contributed by atoms with E-state index in [2.05, 4.69) is 23.2 Å². The van der Waals surface area contributed by atoms with Crippen LogP contribution in [0.25, 0.3) is 10.9 Å². The Bertz CT molecular complexity index is 401. The van der Waals surface area contributed by atoms with Crippen LogP contribution in [0.3, 0.4) is 0 Å². The van der Waals surface area contributed by atoms with Gasteiger partial charge in [0.05, 0.1) is 0 Å². The fourth-order valence-electron chi connectivity index (χ4n) is 1.25. The van der Waals surface area contributed by atoms with E-state index in [4.69, 9.17) is 0 Å². The van der Waals surface area contributed by atoms with Gasteiger partial charge in [0, 0.05) is 11.7 Å². The van der Waals surface area contributed by atoms with Crippen LogP contribution < -0.4 is 0 Å². The smallest absolute Gasteiger partial charge is 0.0453 e. The highest BCUT2D eigenvalue weighted by Crippen LogP contribution is 2.06. The Kier molecular flexibility index (Phi) is 2.28. The number of nitrogens with one attached hydrogen (secondary N) is 1. The van der Waals surface area contributed by atoms with Crippen LogP contribution >= 0.6 is 0 Å². The van der Waals surface area contributed by atoms with Crippen molar-refractivity contribution in [3.63, 3.8) is 0 Å². The van der Waals surface area contributed by atoms with Crippen molar-refractivity contribution < 1.29 is 0 Å². The second-order valence-corrected chi connectivity index (χ2v) is 2.83. The van der Waals surface area contributed by atoms with E-state index in [0.717, 1.165) is 5.52 Å². The normalized spacial score (nSPS) is 9.54. The molecule has 13 heavy (non-hydrogen) atoms. The maximum Gasteiger partial charge on any atom is 0.0453 e. The lowest BCUT2D eigenvalue weighted by Crippen LogP contribution is -1.69. The van der Waals surface area contributed by atoms with E-state index in [0.29, 0.717) is 0 Å². The van der Waals surface area contributed by atoms with Gasteiger partial charge in [0.2, 0.25) is 0 Å². The summed E-state index contributed by atoms with van der Waals surface area (Å²) in [5.41, 5.74) is 1.14. The molecule has 0 aliphatic carbocycles. The van der Waals surface area contributed by atoms with E-state index in [9.17, 15) is 0 Å². The third kappa shape index (κ3) is 1.88. The Morgan fingerprint density at radius 2 is 1.38 bits per heavy atom. The summed E-state index contributed by atoms with van der Waals surface area (Å²) in [5, 5.41) is 1.21. The first kappa shape index (κ1) is 7.87. The quantitative estimate of drug-likeness (QED) is 0.622. The summed E-state index contributed by atoms with van der Waals surface area (Å²) in [7, 11) is 0. The van der Waals surface area contributed by atoms with Crippen LogP contribution in [-0.4, -0.2) is 4.98 Å². The first-order chi connectivity index (χ1) is 6.47. The highest BCUT2D eigenvalue weighted by atomic mass is 14.6. The molecule has 0 radical (unpaired) electrons. The molecule has 1 heteroatoms. The fraction of sp³-hybridized carbons (Fsp3) is 0. The van der Waals surface area contributed by atoms with E-state index in [1.54, 1.807) is 0 Å². The third-order valence-corrected chi connectivity index (χ3v) is 1.90. The molecule has 0 saturated heterocycles. The number of H-pyrrole nitrogens is 1. The van der Waals surface area contributed by atoms with Gasteiger partial charge in [-0.2, -0.15) is 0 Å². The molecular formula is C12H11N. The zero-order valence-corrected chi connectivity index (χ0v) is 7.27. The van der Waals surface area contributed by atoms with E-state index < -0.39 is 0 Å². The van der Waals surface area contributed by atoms with Gasteiger partial charge in [-0.1, -0.05) is 42.5 Å². The van der Waals surface area contributed by atoms with Crippen molar-refractivity contribution >= 4 is 10.9 Å². The van der Waals surface area contributed by atoms with Gasteiger partial charge < -0.3 is 4.98 Å². The Morgan fingerprint density at radius 1 is 0.692 bits per heavy atom. The van der Waals surface area contributed by atoms with Crippen LogP contribution in [0, 0.1) is 0 Å². The van der Waals surface area contributed by atoms with Crippen LogP contribution in [0.1, 0.15) is 0 Å². The van der Waals surface area contributed by atoms with Crippen LogP contribution in [-0.2, 0) is 0 Å². The molecule has 0 amide bonds. The lowest BCUT2D eigenvalue weighted by molar-refractivity contribution is 1.43. The minimum atomic E-state index is 1.14. The van der Waals surface area contributed by atoms with Crippen LogP contribution in [0.4, 0.5) is 0 Å². The number of fused-ring (bicyclic) bond motifs is 1. The molecule has 2 aromatic rings. The van der Waals surface area contributed by atoms with Crippen molar-refractivity contribution in [2.75, 3.05) is 0 Å². The summed E-state index contributed by atoms with van der Waals surface area (Å²) in [5.74, 6) is 0. The Morgan fingerprint density at radius 3 is 2.31 bits per heavy atom. The summed E-state index contributed by atoms with van der Waals surface area (Å²) in [6, 6.07) is 18.3. The van der Waals surface area contributed by atoms with Gasteiger partial charge in [-0.15, -0.1) is 0 Å². The predicted molar refractivity (Wildman–Crippen MR) is 55.9 cm³/mol. The van der Waals surface area contributed by atoms with Gasteiger partial charge in [-0.25, -0.2) is 0 Å². The molecule has 1 N–H and O–H groups in total. The molecule has 0 bridgehead atoms. The van der Waals surface area contributed by atoms with Crippen molar-refractivity contribution in [3.8, 4) is 0 Å². The fourth-order valence-corrected chi connectivity index (χ4v) is 1.25. The first-order valence-corrected chi connectivity index (χ1v) is 4.32. The van der Waals surface area contributed by atoms with Gasteiger partial charge in [0.15, 0.2) is 0 Å². The molecule has 64 valence electrons. The van der Waals surface area contributed by atoms with Crippen LogP contribution in [0.15, 0.2) is 60.8 Å². The highest BCUT2D eigenvalue weighted by molar-refractivity contribution is 5.77. The molecule has 0 spiro atoms. The van der Waals surface area contributed by atoms with Crippen molar-refractivity contribution in [3.05, 3.63) is 60.8 Å². The largest absolute Gasteiger partial charge is 0.361 e. The Balaban J connectivity index is 2.82. The average Bonchev–Trinajstić information content (AvgIpc) is 2.28. The van der Waals surface area contributed by atoms with Crippen molar-refractivity contribution in [2.45, 2.75) is 0 Å². The highest BCUT2D eigenvalue weighted by Gasteiger charge is 1.83. The Labute approximate surface area is 77.4 Å². The topological polar surface area (TPSA) is 15.8 Å². The van der Waals surface area contributed by atoms with Gasteiger partial charge in [0.25, 0.3) is 0 Å². The number of benzene rings is 1. The molecule has 1 nitrogen and oxygen atoms in total. The van der Waals surface area contributed by atoms with Crippen molar-refractivity contribution in [1.82, 2.24) is 4.98 Å². The van der Waals surface area contributed by atoms with E-state index in [1.165, 1.54) is 5.39 Å². The number of aromatic amines is 1. The standard InChI is InChI=1S/C12H11N/c1-2-6-10-13-12-9-5-4-8-11(12)7-3-1/h1-10,13H. The van der Waals surface area contributed by atoms with Gasteiger partial charge in [0.1, 0.15) is 0 Å². The zero-order chi connectivity index (χ0) is 8.93. The number of hydrogen-bond acceptors (Lipinski definition) is 0. The lowest BCUT2D eigenvalue weighted by Gasteiger charge is -1.89. The molecule has 1 aromatic carbocycles. The number of hydrogen-bond donors (Lipinski definition) is 1. The number of para-hydroxylation sites is 1. The molecule has 1 heterocycles. The summed E-state index contributed by atoms with van der Waals surface area (Å²) in [6.07, 6.45) is 1.93. The molecule has 0 fully saturated rings. The average molecular weight is 169 g/mol. The monoisotopic (exact) mass is 169 g/mol. The van der Waals surface area contributed by atoms with Crippen molar-refractivity contribution in [2.24, 2.45) is 0 Å². The SMILES string of the molecule is c1cccc2ccccc2[nH]cc1. The molecule has 0 aliphatic rings. The van der Waals surface area contributed by atoms with E-state index >= 15 is 0 Å². The van der Waals surface area contributed by atoms with Gasteiger partial charge >= 0.3 is 0 Å². The Hall–Kier alpha value is -1.76. The van der Waals surface area contributed by atoms with Crippen LogP contribution in [0.5, 0.6) is 0 Å². The van der Waals surface area contributed by atoms with E-state index in [1.807, 2.05) is 42.6 Å². The second-order valence-electron chi connectivity index (χ2n) is 2.83. The second kappa shape index (κ2) is 3.76. The predicted octanol–water partition coefficient (Wildman–Crippen LogP) is 3.29.